The van der Waals surface area contributed by atoms with E-state index in [1.165, 1.54) is 97.1 Å². The quantitative estimate of drug-likeness (QED) is 0.171. The summed E-state index contributed by atoms with van der Waals surface area (Å²) < 4.78 is 9.55. The predicted octanol–water partition coefficient (Wildman–Crippen LogP) is 14.0. The van der Waals surface area contributed by atoms with Gasteiger partial charge in [-0.05, 0) is 85.0 Å². The minimum Gasteiger partial charge on any atom is -0.453 e. The van der Waals surface area contributed by atoms with Gasteiger partial charge in [0.15, 0.2) is 23.1 Å². The number of rotatable bonds is 6. The SMILES string of the molecule is c1ccc(-c2nc(-c3ccccc3)nc(-c3cccc4c3oc3c(-n5c6ccc(C7CCCCC7)cc6c6cc(C7CCCCC7)ccc65)cccc34)n2)cc1. The Balaban J connectivity index is 1.12. The van der Waals surface area contributed by atoms with Crippen LogP contribution in [-0.2, 0) is 0 Å². The zero-order chi connectivity index (χ0) is 37.0. The third kappa shape index (κ3) is 5.71. The monoisotopic (exact) mass is 728 g/mol. The molecule has 2 aliphatic carbocycles. The highest BCUT2D eigenvalue weighted by Crippen LogP contribution is 2.43. The van der Waals surface area contributed by atoms with Crippen LogP contribution in [0.25, 0.3) is 83.6 Å². The summed E-state index contributed by atoms with van der Waals surface area (Å²) >= 11 is 0. The Morgan fingerprint density at radius 2 is 0.929 bits per heavy atom. The fraction of sp³-hybridized carbons (Fsp3) is 0.235. The van der Waals surface area contributed by atoms with Gasteiger partial charge >= 0.3 is 0 Å². The Morgan fingerprint density at radius 3 is 1.48 bits per heavy atom. The van der Waals surface area contributed by atoms with Gasteiger partial charge in [0.2, 0.25) is 0 Å². The molecular formula is C51H44N4O. The summed E-state index contributed by atoms with van der Waals surface area (Å²) in [4.78, 5) is 15.1. The smallest absolute Gasteiger partial charge is 0.167 e. The van der Waals surface area contributed by atoms with E-state index in [9.17, 15) is 0 Å². The summed E-state index contributed by atoms with van der Waals surface area (Å²) in [5.41, 5.74) is 10.9. The van der Waals surface area contributed by atoms with Crippen LogP contribution in [0, 0.1) is 0 Å². The highest BCUT2D eigenvalue weighted by atomic mass is 16.3. The molecule has 11 rings (SSSR count). The second-order valence-corrected chi connectivity index (χ2v) is 16.0. The van der Waals surface area contributed by atoms with Gasteiger partial charge in [-0.2, -0.15) is 0 Å². The molecule has 56 heavy (non-hydrogen) atoms. The number of nitrogens with zero attached hydrogens (tertiary/aromatic N) is 4. The average molecular weight is 729 g/mol. The second-order valence-electron chi connectivity index (χ2n) is 16.0. The lowest BCUT2D eigenvalue weighted by molar-refractivity contribution is 0.444. The molecule has 0 spiro atoms. The lowest BCUT2D eigenvalue weighted by atomic mass is 9.83. The van der Waals surface area contributed by atoms with E-state index in [1.54, 1.807) is 0 Å². The minimum absolute atomic E-state index is 0.589. The molecule has 0 atom stereocenters. The number of aromatic nitrogens is 4. The van der Waals surface area contributed by atoms with E-state index in [0.29, 0.717) is 29.3 Å². The van der Waals surface area contributed by atoms with Crippen LogP contribution in [0.15, 0.2) is 138 Å². The van der Waals surface area contributed by atoms with Crippen molar-refractivity contribution in [1.29, 1.82) is 0 Å². The van der Waals surface area contributed by atoms with Crippen molar-refractivity contribution in [3.8, 4) is 39.9 Å². The van der Waals surface area contributed by atoms with Gasteiger partial charge in [-0.25, -0.2) is 15.0 Å². The van der Waals surface area contributed by atoms with Crippen molar-refractivity contribution in [3.05, 3.63) is 145 Å². The van der Waals surface area contributed by atoms with E-state index in [4.69, 9.17) is 19.4 Å². The van der Waals surface area contributed by atoms with Crippen molar-refractivity contribution < 1.29 is 4.42 Å². The predicted molar refractivity (Wildman–Crippen MR) is 229 cm³/mol. The van der Waals surface area contributed by atoms with Gasteiger partial charge in [-0.15, -0.1) is 0 Å². The van der Waals surface area contributed by atoms with Crippen LogP contribution in [0.3, 0.4) is 0 Å². The molecule has 0 radical (unpaired) electrons. The molecule has 6 aromatic carbocycles. The van der Waals surface area contributed by atoms with Crippen molar-refractivity contribution >= 4 is 43.7 Å². The maximum atomic E-state index is 7.10. The second kappa shape index (κ2) is 13.9. The summed E-state index contributed by atoms with van der Waals surface area (Å²) in [6, 6.07) is 47.8. The lowest BCUT2D eigenvalue weighted by Gasteiger charge is -2.22. The van der Waals surface area contributed by atoms with E-state index in [2.05, 4.69) is 77.4 Å². The third-order valence-electron chi connectivity index (χ3n) is 12.7. The first-order chi connectivity index (χ1) is 27.8. The van der Waals surface area contributed by atoms with Crippen molar-refractivity contribution in [2.45, 2.75) is 76.0 Å². The molecule has 2 fully saturated rings. The highest BCUT2D eigenvalue weighted by Gasteiger charge is 2.24. The van der Waals surface area contributed by atoms with Crippen LogP contribution in [0.1, 0.15) is 87.2 Å². The number of benzene rings is 6. The van der Waals surface area contributed by atoms with E-state index >= 15 is 0 Å². The molecule has 3 aromatic heterocycles. The van der Waals surface area contributed by atoms with E-state index in [1.807, 2.05) is 60.7 Å². The van der Waals surface area contributed by atoms with Crippen molar-refractivity contribution in [2.75, 3.05) is 0 Å². The standard InChI is InChI=1S/C51H44N4O/c1-5-15-33(16-6-1)37-27-29-44-42(31-37)43-32-38(34-17-7-2-8-18-34)28-30-45(43)55(44)46-26-14-24-40-39-23-13-25-41(47(39)56-48(40)46)51-53-49(35-19-9-3-10-20-35)52-50(54-51)36-21-11-4-12-22-36/h3-4,9-14,19-34H,1-2,5-8,15-18H2. The van der Waals surface area contributed by atoms with Crippen molar-refractivity contribution in [2.24, 2.45) is 0 Å². The molecule has 0 N–H and O–H groups in total. The van der Waals surface area contributed by atoms with Crippen LogP contribution in [0.5, 0.6) is 0 Å². The summed E-state index contributed by atoms with van der Waals surface area (Å²) in [5.74, 6) is 3.14. The normalized spacial score (nSPS) is 15.7. The van der Waals surface area contributed by atoms with Gasteiger partial charge in [0.25, 0.3) is 0 Å². The molecule has 274 valence electrons. The summed E-state index contributed by atoms with van der Waals surface area (Å²) in [6.45, 7) is 0. The Morgan fingerprint density at radius 1 is 0.429 bits per heavy atom. The molecule has 0 aliphatic heterocycles. The van der Waals surface area contributed by atoms with Crippen LogP contribution in [0.2, 0.25) is 0 Å². The molecule has 0 amide bonds. The molecule has 0 bridgehead atoms. The number of hydrogen-bond acceptors (Lipinski definition) is 4. The molecule has 5 heteroatoms. The van der Waals surface area contributed by atoms with E-state index < -0.39 is 0 Å². The summed E-state index contributed by atoms with van der Waals surface area (Å²) in [5, 5.41) is 4.82. The molecule has 0 unspecified atom stereocenters. The fourth-order valence-electron chi connectivity index (χ4n) is 9.78. The Labute approximate surface area is 327 Å². The topological polar surface area (TPSA) is 56.7 Å². The molecular weight excluding hydrogens is 685 g/mol. The van der Waals surface area contributed by atoms with Gasteiger partial charge in [0.1, 0.15) is 5.58 Å². The fourth-order valence-corrected chi connectivity index (χ4v) is 9.78. The zero-order valence-corrected chi connectivity index (χ0v) is 31.6. The van der Waals surface area contributed by atoms with Crippen LogP contribution >= 0.6 is 0 Å². The maximum Gasteiger partial charge on any atom is 0.167 e. The number of furan rings is 1. The lowest BCUT2D eigenvalue weighted by Crippen LogP contribution is -2.04. The molecule has 3 heterocycles. The Kier molecular flexibility index (Phi) is 8.26. The largest absolute Gasteiger partial charge is 0.453 e. The van der Waals surface area contributed by atoms with E-state index in [0.717, 1.165) is 44.3 Å². The average Bonchev–Trinajstić information content (AvgIpc) is 3.83. The first-order valence-corrected chi connectivity index (χ1v) is 20.7. The molecule has 5 nitrogen and oxygen atoms in total. The van der Waals surface area contributed by atoms with Gasteiger partial charge in [-0.1, -0.05) is 136 Å². The molecule has 9 aromatic rings. The summed E-state index contributed by atoms with van der Waals surface area (Å²) in [6.07, 6.45) is 13.2. The Bertz CT molecular complexity index is 2740. The number of fused-ring (bicyclic) bond motifs is 6. The van der Waals surface area contributed by atoms with Crippen molar-refractivity contribution in [3.63, 3.8) is 0 Å². The summed E-state index contributed by atoms with van der Waals surface area (Å²) in [7, 11) is 0. The van der Waals surface area contributed by atoms with Crippen LogP contribution in [-0.4, -0.2) is 19.5 Å². The van der Waals surface area contributed by atoms with Gasteiger partial charge in [-0.3, -0.25) is 0 Å². The number of para-hydroxylation sites is 2. The minimum atomic E-state index is 0.589. The maximum absolute atomic E-state index is 7.10. The molecule has 2 saturated carbocycles. The van der Waals surface area contributed by atoms with Crippen molar-refractivity contribution in [1.82, 2.24) is 19.5 Å². The van der Waals surface area contributed by atoms with Crippen LogP contribution < -0.4 is 0 Å². The highest BCUT2D eigenvalue weighted by molar-refractivity contribution is 6.14. The van der Waals surface area contributed by atoms with Gasteiger partial charge in [0.05, 0.1) is 22.3 Å². The molecule has 0 saturated heterocycles. The first-order valence-electron chi connectivity index (χ1n) is 20.7. The molecule has 2 aliphatic rings. The zero-order valence-electron chi connectivity index (χ0n) is 31.6. The Hall–Kier alpha value is -6.07. The van der Waals surface area contributed by atoms with Gasteiger partial charge < -0.3 is 8.98 Å². The first kappa shape index (κ1) is 33.3. The number of hydrogen-bond donors (Lipinski definition) is 0. The van der Waals surface area contributed by atoms with E-state index in [-0.39, 0.29) is 0 Å². The van der Waals surface area contributed by atoms with Gasteiger partial charge in [0, 0.05) is 32.7 Å². The third-order valence-corrected chi connectivity index (χ3v) is 12.7. The van der Waals surface area contributed by atoms with Crippen LogP contribution in [0.4, 0.5) is 0 Å².